The molecule has 2 aliphatic heterocycles. The van der Waals surface area contributed by atoms with Gasteiger partial charge in [0.25, 0.3) is 0 Å². The van der Waals surface area contributed by atoms with E-state index < -0.39 is 0 Å². The second-order valence-electron chi connectivity index (χ2n) is 6.58. The number of amides is 2. The molecule has 0 bridgehead atoms. The Morgan fingerprint density at radius 2 is 2.12 bits per heavy atom. The van der Waals surface area contributed by atoms with Crippen molar-refractivity contribution in [2.24, 2.45) is 5.92 Å². The first-order chi connectivity index (χ1) is 12.1. The van der Waals surface area contributed by atoms with E-state index in [1.165, 1.54) is 12.1 Å². The Labute approximate surface area is 146 Å². The number of piperidine rings is 1. The van der Waals surface area contributed by atoms with Crippen LogP contribution in [0.25, 0.3) is 0 Å². The normalized spacial score (nSPS) is 21.8. The number of anilines is 1. The summed E-state index contributed by atoms with van der Waals surface area (Å²) in [5.74, 6) is -0.533. The van der Waals surface area contributed by atoms with Crippen LogP contribution in [-0.2, 0) is 14.3 Å². The third-order valence-electron chi connectivity index (χ3n) is 4.73. The van der Waals surface area contributed by atoms with Crippen molar-refractivity contribution in [1.82, 2.24) is 10.2 Å². The fourth-order valence-corrected chi connectivity index (χ4v) is 3.29. The molecule has 25 heavy (non-hydrogen) atoms. The number of ether oxygens (including phenoxy) is 1. The van der Waals surface area contributed by atoms with E-state index in [0.717, 1.165) is 6.54 Å². The Hall–Kier alpha value is -1.99. The van der Waals surface area contributed by atoms with Crippen molar-refractivity contribution in [1.29, 1.82) is 0 Å². The summed E-state index contributed by atoms with van der Waals surface area (Å²) in [7, 11) is 0. The minimum atomic E-state index is -0.376. The monoisotopic (exact) mass is 349 g/mol. The van der Waals surface area contributed by atoms with Gasteiger partial charge in [0.2, 0.25) is 11.8 Å². The summed E-state index contributed by atoms with van der Waals surface area (Å²) in [4.78, 5) is 26.5. The van der Waals surface area contributed by atoms with Crippen molar-refractivity contribution in [2.45, 2.75) is 25.3 Å². The summed E-state index contributed by atoms with van der Waals surface area (Å²) in [5, 5.41) is 6.03. The SMILES string of the molecule is O=C(Nc1cccc(F)c1)C1CCN(C(=O)CC2COCCN2)CC1. The summed E-state index contributed by atoms with van der Waals surface area (Å²) in [6.07, 6.45) is 1.68. The molecule has 0 spiro atoms. The summed E-state index contributed by atoms with van der Waals surface area (Å²) >= 11 is 0. The predicted molar refractivity (Wildman–Crippen MR) is 91.6 cm³/mol. The maximum Gasteiger partial charge on any atom is 0.227 e. The number of hydrogen-bond acceptors (Lipinski definition) is 4. The highest BCUT2D eigenvalue weighted by atomic mass is 19.1. The van der Waals surface area contributed by atoms with Crippen LogP contribution in [0, 0.1) is 11.7 Å². The number of nitrogens with zero attached hydrogens (tertiary/aromatic N) is 1. The number of carbonyl (C=O) groups is 2. The molecule has 136 valence electrons. The van der Waals surface area contributed by atoms with E-state index in [1.54, 1.807) is 12.1 Å². The standard InChI is InChI=1S/C18H24FN3O3/c19-14-2-1-3-15(10-14)21-18(24)13-4-7-22(8-5-13)17(23)11-16-12-25-9-6-20-16/h1-3,10,13,16,20H,4-9,11-12H2,(H,21,24). The maximum atomic E-state index is 13.2. The van der Waals surface area contributed by atoms with Gasteiger partial charge in [0, 0.05) is 43.7 Å². The zero-order chi connectivity index (χ0) is 17.6. The van der Waals surface area contributed by atoms with Gasteiger partial charge < -0.3 is 20.3 Å². The van der Waals surface area contributed by atoms with E-state index in [0.29, 0.717) is 51.3 Å². The van der Waals surface area contributed by atoms with Gasteiger partial charge in [-0.1, -0.05) is 6.07 Å². The van der Waals surface area contributed by atoms with Crippen LogP contribution in [-0.4, -0.2) is 55.6 Å². The first-order valence-corrected chi connectivity index (χ1v) is 8.77. The Bertz CT molecular complexity index is 611. The van der Waals surface area contributed by atoms with E-state index >= 15 is 0 Å². The topological polar surface area (TPSA) is 70.7 Å². The molecule has 0 radical (unpaired) electrons. The van der Waals surface area contributed by atoms with Gasteiger partial charge in [-0.05, 0) is 31.0 Å². The minimum absolute atomic E-state index is 0.0789. The van der Waals surface area contributed by atoms with Crippen molar-refractivity contribution in [3.05, 3.63) is 30.1 Å². The fraction of sp³-hybridized carbons (Fsp3) is 0.556. The lowest BCUT2D eigenvalue weighted by Crippen LogP contribution is -2.47. The van der Waals surface area contributed by atoms with Gasteiger partial charge >= 0.3 is 0 Å². The molecule has 1 unspecified atom stereocenters. The quantitative estimate of drug-likeness (QED) is 0.862. The molecule has 1 aromatic carbocycles. The van der Waals surface area contributed by atoms with Gasteiger partial charge in [0.05, 0.1) is 13.2 Å². The predicted octanol–water partition coefficient (Wildman–Crippen LogP) is 1.38. The molecule has 2 aliphatic rings. The zero-order valence-electron chi connectivity index (χ0n) is 14.2. The molecule has 6 nitrogen and oxygen atoms in total. The largest absolute Gasteiger partial charge is 0.378 e. The molecule has 1 aromatic rings. The summed E-state index contributed by atoms with van der Waals surface area (Å²) < 4.78 is 18.6. The maximum absolute atomic E-state index is 13.2. The number of nitrogens with one attached hydrogen (secondary N) is 2. The lowest BCUT2D eigenvalue weighted by atomic mass is 9.95. The highest BCUT2D eigenvalue weighted by Gasteiger charge is 2.28. The summed E-state index contributed by atoms with van der Waals surface area (Å²) in [6, 6.07) is 5.95. The zero-order valence-corrected chi connectivity index (χ0v) is 14.2. The Kier molecular flexibility index (Phi) is 5.99. The average molecular weight is 349 g/mol. The number of morpholine rings is 1. The van der Waals surface area contributed by atoms with Crippen molar-refractivity contribution < 1.29 is 18.7 Å². The highest BCUT2D eigenvalue weighted by molar-refractivity contribution is 5.92. The number of rotatable bonds is 4. The number of halogens is 1. The number of benzene rings is 1. The second kappa shape index (κ2) is 8.40. The molecule has 2 fully saturated rings. The molecule has 3 rings (SSSR count). The molecule has 2 saturated heterocycles. The minimum Gasteiger partial charge on any atom is -0.378 e. The lowest BCUT2D eigenvalue weighted by molar-refractivity contribution is -0.135. The van der Waals surface area contributed by atoms with E-state index in [9.17, 15) is 14.0 Å². The molecule has 0 aliphatic carbocycles. The van der Waals surface area contributed by atoms with Crippen LogP contribution in [0.5, 0.6) is 0 Å². The van der Waals surface area contributed by atoms with Crippen LogP contribution in [0.15, 0.2) is 24.3 Å². The number of likely N-dealkylation sites (tertiary alicyclic amines) is 1. The molecule has 7 heteroatoms. The van der Waals surface area contributed by atoms with Gasteiger partial charge in [-0.15, -0.1) is 0 Å². The van der Waals surface area contributed by atoms with E-state index in [-0.39, 0.29) is 29.6 Å². The Balaban J connectivity index is 1.44. The third kappa shape index (κ3) is 4.99. The lowest BCUT2D eigenvalue weighted by Gasteiger charge is -2.33. The van der Waals surface area contributed by atoms with E-state index in [1.807, 2.05) is 4.90 Å². The molecule has 0 aromatic heterocycles. The molecular weight excluding hydrogens is 325 g/mol. The van der Waals surface area contributed by atoms with Crippen molar-refractivity contribution in [3.63, 3.8) is 0 Å². The van der Waals surface area contributed by atoms with Crippen molar-refractivity contribution >= 4 is 17.5 Å². The Morgan fingerprint density at radius 3 is 2.80 bits per heavy atom. The van der Waals surface area contributed by atoms with Gasteiger partial charge in [0.15, 0.2) is 0 Å². The van der Waals surface area contributed by atoms with Gasteiger partial charge in [-0.25, -0.2) is 4.39 Å². The smallest absolute Gasteiger partial charge is 0.227 e. The molecule has 1 atom stereocenters. The molecular formula is C18H24FN3O3. The third-order valence-corrected chi connectivity index (χ3v) is 4.73. The van der Waals surface area contributed by atoms with Gasteiger partial charge in [-0.2, -0.15) is 0 Å². The van der Waals surface area contributed by atoms with Crippen LogP contribution in [0.1, 0.15) is 19.3 Å². The highest BCUT2D eigenvalue weighted by Crippen LogP contribution is 2.21. The van der Waals surface area contributed by atoms with Crippen LogP contribution < -0.4 is 10.6 Å². The second-order valence-corrected chi connectivity index (χ2v) is 6.58. The summed E-state index contributed by atoms with van der Waals surface area (Å²) in [6.45, 7) is 3.19. The van der Waals surface area contributed by atoms with E-state index in [4.69, 9.17) is 4.74 Å². The number of carbonyl (C=O) groups excluding carboxylic acids is 2. The number of hydrogen-bond donors (Lipinski definition) is 2. The van der Waals surface area contributed by atoms with Crippen molar-refractivity contribution in [2.75, 3.05) is 38.2 Å². The molecule has 2 N–H and O–H groups in total. The van der Waals surface area contributed by atoms with Crippen LogP contribution >= 0.6 is 0 Å². The van der Waals surface area contributed by atoms with Crippen LogP contribution in [0.3, 0.4) is 0 Å². The first kappa shape index (κ1) is 17.8. The Morgan fingerprint density at radius 1 is 1.32 bits per heavy atom. The van der Waals surface area contributed by atoms with Crippen LogP contribution in [0.2, 0.25) is 0 Å². The molecule has 0 saturated carbocycles. The summed E-state index contributed by atoms with van der Waals surface area (Å²) in [5.41, 5.74) is 0.465. The molecule has 2 heterocycles. The fourth-order valence-electron chi connectivity index (χ4n) is 3.29. The average Bonchev–Trinajstić information content (AvgIpc) is 2.62. The molecule has 2 amide bonds. The first-order valence-electron chi connectivity index (χ1n) is 8.77. The van der Waals surface area contributed by atoms with E-state index in [2.05, 4.69) is 10.6 Å². The van der Waals surface area contributed by atoms with Crippen molar-refractivity contribution in [3.8, 4) is 0 Å². The van der Waals surface area contributed by atoms with Gasteiger partial charge in [0.1, 0.15) is 5.82 Å². The van der Waals surface area contributed by atoms with Gasteiger partial charge in [-0.3, -0.25) is 9.59 Å². The van der Waals surface area contributed by atoms with Crippen LogP contribution in [0.4, 0.5) is 10.1 Å².